The molecule has 0 aliphatic carbocycles. The average molecular weight is 1030 g/mol. The van der Waals surface area contributed by atoms with Crippen LogP contribution in [0.25, 0.3) is 0 Å². The lowest BCUT2D eigenvalue weighted by Crippen LogP contribution is -2.64. The van der Waals surface area contributed by atoms with E-state index in [1.165, 1.54) is 12.1 Å². The van der Waals surface area contributed by atoms with Gasteiger partial charge in [0.1, 0.15) is 48.8 Å². The Morgan fingerprint density at radius 3 is 0.974 bits per heavy atom. The van der Waals surface area contributed by atoms with Crippen LogP contribution in [0.1, 0.15) is 66.7 Å². The smallest absolute Gasteiger partial charge is 0.341 e. The van der Waals surface area contributed by atoms with Crippen molar-refractivity contribution in [1.29, 1.82) is 0 Å². The zero-order chi connectivity index (χ0) is 51.5. The van der Waals surface area contributed by atoms with Crippen LogP contribution in [0.3, 0.4) is 0 Å². The third-order valence-corrected chi connectivity index (χ3v) is 13.7. The minimum absolute atomic E-state index is 0.0909. The van der Waals surface area contributed by atoms with E-state index in [9.17, 15) is 9.59 Å². The molecule has 0 amide bonds. The van der Waals surface area contributed by atoms with Crippen LogP contribution in [0.5, 0.6) is 0 Å². The van der Waals surface area contributed by atoms with Crippen molar-refractivity contribution >= 4 is 11.9 Å². The van der Waals surface area contributed by atoms with Gasteiger partial charge in [0.25, 0.3) is 0 Å². The van der Waals surface area contributed by atoms with Gasteiger partial charge in [0, 0.05) is 11.1 Å². The van der Waals surface area contributed by atoms with Gasteiger partial charge in [0.2, 0.25) is 12.6 Å². The zero-order valence-electron chi connectivity index (χ0n) is 41.5. The van der Waals surface area contributed by atoms with Gasteiger partial charge in [-0.15, -0.1) is 0 Å². The number of esters is 2. The van der Waals surface area contributed by atoms with E-state index in [-0.39, 0.29) is 50.8 Å². The molecule has 0 bridgehead atoms. The Hall–Kier alpha value is -6.92. The fourth-order valence-corrected chi connectivity index (χ4v) is 9.82. The first-order valence-corrected chi connectivity index (χ1v) is 25.6. The van der Waals surface area contributed by atoms with Crippen LogP contribution in [0, 0.1) is 0 Å². The first-order chi connectivity index (χ1) is 37.5. The van der Waals surface area contributed by atoms with Crippen LogP contribution >= 0.6 is 0 Å². The molecule has 14 nitrogen and oxygen atoms in total. The van der Waals surface area contributed by atoms with Crippen molar-refractivity contribution in [2.45, 2.75) is 100 Å². The summed E-state index contributed by atoms with van der Waals surface area (Å²) >= 11 is 0. The van der Waals surface area contributed by atoms with E-state index in [1.54, 1.807) is 12.1 Å². The molecule has 14 heteroatoms. The second-order valence-electron chi connectivity index (χ2n) is 18.8. The summed E-state index contributed by atoms with van der Waals surface area (Å²) < 4.78 is 78.6. The lowest BCUT2D eigenvalue weighted by molar-refractivity contribution is -0.365. The third kappa shape index (κ3) is 12.3. The molecule has 0 spiro atoms. The van der Waals surface area contributed by atoms with Gasteiger partial charge >= 0.3 is 11.9 Å². The number of benzene rings is 7. The number of rotatable bonds is 18. The summed E-state index contributed by atoms with van der Waals surface area (Å²) in [6.45, 7) is 0.827. The Morgan fingerprint density at radius 2 is 0.645 bits per heavy atom. The minimum atomic E-state index is -1.36. The van der Waals surface area contributed by atoms with Crippen LogP contribution in [0.2, 0.25) is 0 Å². The van der Waals surface area contributed by atoms with Crippen molar-refractivity contribution < 1.29 is 66.4 Å². The molecule has 7 aromatic rings. The Labute approximate surface area is 441 Å². The Kier molecular flexibility index (Phi) is 16.7. The van der Waals surface area contributed by atoms with Crippen LogP contribution in [-0.2, 0) is 83.3 Å². The van der Waals surface area contributed by atoms with Gasteiger partial charge < -0.3 is 56.8 Å². The van der Waals surface area contributed by atoms with Crippen molar-refractivity contribution in [2.24, 2.45) is 0 Å². The van der Waals surface area contributed by atoms with Gasteiger partial charge in [0.05, 0.1) is 50.8 Å². The molecular weight excluding hydrogens is 969 g/mol. The van der Waals surface area contributed by atoms with Gasteiger partial charge in [-0.05, 0) is 34.4 Å². The fourth-order valence-electron chi connectivity index (χ4n) is 9.82. The molecule has 4 fully saturated rings. The minimum Gasteiger partial charge on any atom is -0.429 e. The lowest BCUT2D eigenvalue weighted by Gasteiger charge is -2.48. The van der Waals surface area contributed by atoms with E-state index < -0.39 is 85.9 Å². The maximum Gasteiger partial charge on any atom is 0.341 e. The third-order valence-electron chi connectivity index (χ3n) is 13.7. The van der Waals surface area contributed by atoms with Gasteiger partial charge in [0.15, 0.2) is 12.6 Å². The Morgan fingerprint density at radius 1 is 0.355 bits per heavy atom. The summed E-state index contributed by atoms with van der Waals surface area (Å²) in [6.07, 6.45) is -10.8. The summed E-state index contributed by atoms with van der Waals surface area (Å²) in [4.78, 5) is 29.6. The maximum atomic E-state index is 14.8. The molecule has 4 saturated heterocycles. The van der Waals surface area contributed by atoms with Crippen LogP contribution in [0.4, 0.5) is 0 Å². The molecule has 390 valence electrons. The van der Waals surface area contributed by atoms with Crippen LogP contribution in [0.15, 0.2) is 206 Å². The molecule has 11 rings (SSSR count). The normalized spacial score (nSPS) is 27.1. The van der Waals surface area contributed by atoms with Crippen molar-refractivity contribution in [3.63, 3.8) is 0 Å². The summed E-state index contributed by atoms with van der Waals surface area (Å²) in [7, 11) is 0. The predicted molar refractivity (Wildman–Crippen MR) is 275 cm³/mol. The van der Waals surface area contributed by atoms with Gasteiger partial charge in [-0.25, -0.2) is 9.59 Å². The number of ether oxygens (including phenoxy) is 12. The zero-order valence-corrected chi connectivity index (χ0v) is 41.5. The molecule has 0 N–H and O–H groups in total. The molecule has 2 unspecified atom stereocenters. The average Bonchev–Trinajstić information content (AvgIpc) is 3.53. The molecule has 0 radical (unpaired) electrons. The number of hydrogen-bond acceptors (Lipinski definition) is 14. The highest BCUT2D eigenvalue weighted by Crippen LogP contribution is 2.40. The highest BCUT2D eigenvalue weighted by Gasteiger charge is 2.55. The Balaban J connectivity index is 0.873. The van der Waals surface area contributed by atoms with Crippen molar-refractivity contribution in [3.8, 4) is 0 Å². The van der Waals surface area contributed by atoms with E-state index in [2.05, 4.69) is 0 Å². The molecule has 76 heavy (non-hydrogen) atoms. The lowest BCUT2D eigenvalue weighted by atomic mass is 9.96. The van der Waals surface area contributed by atoms with E-state index in [1.807, 2.05) is 182 Å². The molecule has 7 aromatic carbocycles. The standard InChI is InChI=1S/C62H58O14/c63-57(75-61-55(67-37-43-25-11-3-12-26-43)53(65-35-41-21-7-1-8-22-41)51-49(71-61)39-69-59(73-51)45-29-15-5-16-30-45)47-33-19-20-34-48(47)58(64)76-62-56(68-38-44-27-13-4-14-28-44)54(66-36-42-23-9-2-10-24-42)52-50(72-62)40-70-60(74-52)46-31-17-6-18-32-46/h1-34,49-56,59-62H,35-40H2/t49-,50-,51-,52-,53+,54+,55-,56-,59?,60?,61+,62+/m1/s1. The van der Waals surface area contributed by atoms with E-state index in [0.29, 0.717) is 0 Å². The van der Waals surface area contributed by atoms with E-state index >= 15 is 0 Å². The first kappa shape index (κ1) is 51.2. The van der Waals surface area contributed by atoms with Crippen molar-refractivity contribution in [3.05, 3.63) is 251 Å². The van der Waals surface area contributed by atoms with Gasteiger partial charge in [-0.1, -0.05) is 194 Å². The molecule has 0 saturated carbocycles. The second kappa shape index (κ2) is 24.8. The predicted octanol–water partition coefficient (Wildman–Crippen LogP) is 10.0. The number of fused-ring (bicyclic) bond motifs is 2. The van der Waals surface area contributed by atoms with Gasteiger partial charge in [-0.3, -0.25) is 0 Å². The number of carbonyl (C=O) groups excluding carboxylic acids is 2. The summed E-state index contributed by atoms with van der Waals surface area (Å²) in [5, 5.41) is 0. The quantitative estimate of drug-likeness (QED) is 0.0752. The summed E-state index contributed by atoms with van der Waals surface area (Å²) in [5.41, 5.74) is 5.03. The first-order valence-electron chi connectivity index (χ1n) is 25.6. The van der Waals surface area contributed by atoms with Crippen molar-refractivity contribution in [2.75, 3.05) is 13.2 Å². The molecule has 4 aliphatic rings. The maximum absolute atomic E-state index is 14.8. The van der Waals surface area contributed by atoms with Gasteiger partial charge in [-0.2, -0.15) is 0 Å². The highest BCUT2D eigenvalue weighted by molar-refractivity contribution is 6.03. The van der Waals surface area contributed by atoms with E-state index in [4.69, 9.17) is 56.8 Å². The summed E-state index contributed by atoms with van der Waals surface area (Å²) in [5.74, 6) is -1.75. The van der Waals surface area contributed by atoms with Crippen LogP contribution < -0.4 is 0 Å². The molecule has 4 aliphatic heterocycles. The van der Waals surface area contributed by atoms with E-state index in [0.717, 1.165) is 33.4 Å². The summed E-state index contributed by atoms with van der Waals surface area (Å²) in [6, 6.07) is 64.2. The SMILES string of the molecule is O=C(O[C@@H]1O[C@@H]2COC(c3ccccc3)O[C@H]2[C@H](OCc2ccccc2)[C@H]1OCc1ccccc1)c1ccccc1C(=O)O[C@@H]1O[C@@H]2COC(c3ccccc3)O[C@H]2[C@H](OCc2ccccc2)[C@H]1OCc1ccccc1. The molecular formula is C62H58O14. The second-order valence-corrected chi connectivity index (χ2v) is 18.8. The number of carbonyl (C=O) groups is 2. The topological polar surface area (TPSA) is 145 Å². The van der Waals surface area contributed by atoms with Crippen molar-refractivity contribution in [1.82, 2.24) is 0 Å². The Bertz CT molecular complexity index is 2720. The van der Waals surface area contributed by atoms with Crippen LogP contribution in [-0.4, -0.2) is 86.6 Å². The fraction of sp³-hybridized carbons (Fsp3) is 0.290. The molecule has 4 heterocycles. The molecule has 0 aromatic heterocycles. The monoisotopic (exact) mass is 1030 g/mol. The largest absolute Gasteiger partial charge is 0.429 e. The highest BCUT2D eigenvalue weighted by atomic mass is 16.8. The number of hydrogen-bond donors (Lipinski definition) is 0. The molecule has 12 atom stereocenters.